The van der Waals surface area contributed by atoms with Crippen LogP contribution in [0, 0.1) is 5.92 Å². The van der Waals surface area contributed by atoms with Gasteiger partial charge in [0.15, 0.2) is 6.29 Å². The topological polar surface area (TPSA) is 40.5 Å². The van der Waals surface area contributed by atoms with Crippen molar-refractivity contribution < 1.29 is 10.2 Å². The average molecular weight is 376 g/mol. The van der Waals surface area contributed by atoms with Crippen LogP contribution in [0.2, 0.25) is 5.02 Å². The second-order valence-corrected chi connectivity index (χ2v) is 7.90. The highest BCUT2D eigenvalue weighted by Crippen LogP contribution is 2.42. The Morgan fingerprint density at radius 3 is 2.43 bits per heavy atom. The van der Waals surface area contributed by atoms with Crippen molar-refractivity contribution in [2.75, 3.05) is 0 Å². The van der Waals surface area contributed by atoms with Crippen molar-refractivity contribution in [3.05, 3.63) is 34.3 Å². The maximum Gasteiger partial charge on any atom is 0.152 e. The van der Waals surface area contributed by atoms with Crippen LogP contribution in [0.3, 0.4) is 0 Å². The van der Waals surface area contributed by atoms with Crippen molar-refractivity contribution in [3.8, 4) is 0 Å². The molecule has 0 aromatic heterocycles. The molecule has 0 amide bonds. The average Bonchev–Trinajstić information content (AvgIpc) is 2.45. The number of aliphatic hydroxyl groups excluding tert-OH is 1. The zero-order valence-corrected chi connectivity index (χ0v) is 14.8. The van der Waals surface area contributed by atoms with Gasteiger partial charge in [0.05, 0.1) is 0 Å². The molecule has 0 bridgehead atoms. The Balaban J connectivity index is 2.27. The van der Waals surface area contributed by atoms with Crippen molar-refractivity contribution >= 4 is 27.5 Å². The molecule has 2 nitrogen and oxygen atoms in total. The van der Waals surface area contributed by atoms with E-state index < -0.39 is 6.29 Å². The van der Waals surface area contributed by atoms with Crippen LogP contribution in [0.15, 0.2) is 18.2 Å². The van der Waals surface area contributed by atoms with Gasteiger partial charge >= 0.3 is 0 Å². The summed E-state index contributed by atoms with van der Waals surface area (Å²) in [6, 6.07) is 6.15. The molecule has 1 saturated carbocycles. The Kier molecular flexibility index (Phi) is 6.54. The lowest BCUT2D eigenvalue weighted by atomic mass is 9.75. The highest BCUT2D eigenvalue weighted by molar-refractivity contribution is 9.09. The molecule has 2 atom stereocenters. The number of alkyl halides is 1. The first-order valence-electron chi connectivity index (χ1n) is 7.78. The molecule has 1 aliphatic rings. The van der Waals surface area contributed by atoms with Crippen LogP contribution >= 0.6 is 27.5 Å². The summed E-state index contributed by atoms with van der Waals surface area (Å²) in [5.74, 6) is 0.641. The van der Waals surface area contributed by atoms with Crippen LogP contribution in [0.1, 0.15) is 67.3 Å². The molecule has 0 saturated heterocycles. The largest absolute Gasteiger partial charge is 0.368 e. The molecule has 0 radical (unpaired) electrons. The van der Waals surface area contributed by atoms with E-state index in [1.807, 2.05) is 6.07 Å². The smallest absolute Gasteiger partial charge is 0.152 e. The van der Waals surface area contributed by atoms with E-state index in [2.05, 4.69) is 35.0 Å². The Labute approximate surface area is 140 Å². The zero-order valence-electron chi connectivity index (χ0n) is 12.4. The van der Waals surface area contributed by atoms with E-state index in [1.54, 1.807) is 0 Å². The van der Waals surface area contributed by atoms with Crippen molar-refractivity contribution in [2.24, 2.45) is 5.92 Å². The molecule has 2 rings (SSSR count). The summed E-state index contributed by atoms with van der Waals surface area (Å²) in [7, 11) is 0. The fraction of sp³-hybridized carbons (Fsp3) is 0.647. The lowest BCUT2D eigenvalue weighted by Crippen LogP contribution is -2.21. The van der Waals surface area contributed by atoms with E-state index >= 15 is 0 Å². The Morgan fingerprint density at radius 2 is 1.90 bits per heavy atom. The van der Waals surface area contributed by atoms with Gasteiger partial charge in [-0.1, -0.05) is 58.9 Å². The van der Waals surface area contributed by atoms with Gasteiger partial charge in [-0.3, -0.25) is 0 Å². The van der Waals surface area contributed by atoms with Crippen LogP contribution in [0.4, 0.5) is 0 Å². The third kappa shape index (κ3) is 4.69. The quantitative estimate of drug-likeness (QED) is 0.551. The van der Waals surface area contributed by atoms with Gasteiger partial charge < -0.3 is 10.2 Å². The highest BCUT2D eigenvalue weighted by Gasteiger charge is 2.28. The highest BCUT2D eigenvalue weighted by atomic mass is 79.9. The number of hydrogen-bond acceptors (Lipinski definition) is 2. The minimum absolute atomic E-state index is 0.137. The lowest BCUT2D eigenvalue weighted by Gasteiger charge is -2.32. The van der Waals surface area contributed by atoms with Gasteiger partial charge in [-0.25, -0.2) is 0 Å². The van der Waals surface area contributed by atoms with E-state index in [1.165, 1.54) is 19.3 Å². The van der Waals surface area contributed by atoms with Crippen molar-refractivity contribution in [1.82, 2.24) is 0 Å². The van der Waals surface area contributed by atoms with Crippen LogP contribution in [-0.2, 0) is 0 Å². The zero-order chi connectivity index (χ0) is 15.4. The lowest BCUT2D eigenvalue weighted by molar-refractivity contribution is -0.0544. The predicted octanol–water partition coefficient (Wildman–Crippen LogP) is 5.16. The molecule has 1 aromatic rings. The van der Waals surface area contributed by atoms with Gasteiger partial charge in [0.2, 0.25) is 0 Å². The first kappa shape index (κ1) is 17.3. The molecule has 1 aliphatic carbocycles. The minimum Gasteiger partial charge on any atom is -0.368 e. The van der Waals surface area contributed by atoms with E-state index in [0.29, 0.717) is 12.3 Å². The molecule has 1 fully saturated rings. The van der Waals surface area contributed by atoms with E-state index in [-0.39, 0.29) is 10.7 Å². The summed E-state index contributed by atoms with van der Waals surface area (Å²) in [5, 5.41) is 19.7. The molecule has 1 aromatic carbocycles. The number of hydrogen-bond donors (Lipinski definition) is 2. The molecule has 0 heterocycles. The molecule has 0 spiro atoms. The van der Waals surface area contributed by atoms with Crippen molar-refractivity contribution in [3.63, 3.8) is 0 Å². The molecule has 2 unspecified atom stereocenters. The standard InChI is InChI=1S/C17H24BrClO2/c1-11(18)13-7-8-14(16(19)9-13)15(10-17(20)21)12-5-3-2-4-6-12/h7-9,11-12,15,17,20-21H,2-6,10H2,1H3. The monoisotopic (exact) mass is 374 g/mol. The Bertz CT molecular complexity index is 456. The second kappa shape index (κ2) is 7.96. The van der Waals surface area contributed by atoms with E-state index in [9.17, 15) is 10.2 Å². The third-order valence-corrected chi connectivity index (χ3v) is 5.42. The normalized spacial score (nSPS) is 19.7. The predicted molar refractivity (Wildman–Crippen MR) is 91.0 cm³/mol. The second-order valence-electron chi connectivity index (χ2n) is 6.12. The number of benzene rings is 1. The van der Waals surface area contributed by atoms with Gasteiger partial charge in [0.1, 0.15) is 0 Å². The molecule has 0 aliphatic heterocycles. The summed E-state index contributed by atoms with van der Waals surface area (Å²) in [6.07, 6.45) is 5.16. The SMILES string of the molecule is CC(Br)c1ccc(C(CC(O)O)C2CCCCC2)c(Cl)c1. The third-order valence-electron chi connectivity index (χ3n) is 4.57. The first-order valence-corrected chi connectivity index (χ1v) is 9.08. The summed E-state index contributed by atoms with van der Waals surface area (Å²) in [6.45, 7) is 2.07. The number of halogens is 2. The molecular weight excluding hydrogens is 352 g/mol. The molecule has 21 heavy (non-hydrogen) atoms. The van der Waals surface area contributed by atoms with Gasteiger partial charge in [-0.15, -0.1) is 0 Å². The summed E-state index contributed by atoms with van der Waals surface area (Å²) in [4.78, 5) is 0.264. The minimum atomic E-state index is -1.28. The van der Waals surface area contributed by atoms with Crippen LogP contribution in [0.5, 0.6) is 0 Å². The first-order chi connectivity index (χ1) is 9.99. The fourth-order valence-corrected chi connectivity index (χ4v) is 4.04. The Hall–Kier alpha value is -0.0900. The molecular formula is C17H24BrClO2. The van der Waals surface area contributed by atoms with Gasteiger partial charge in [0, 0.05) is 16.3 Å². The van der Waals surface area contributed by atoms with Crippen LogP contribution in [-0.4, -0.2) is 16.5 Å². The summed E-state index contributed by atoms with van der Waals surface area (Å²) < 4.78 is 0. The summed E-state index contributed by atoms with van der Waals surface area (Å²) >= 11 is 10.0. The fourth-order valence-electron chi connectivity index (χ4n) is 3.43. The molecule has 4 heteroatoms. The maximum atomic E-state index is 9.45. The number of rotatable bonds is 5. The van der Waals surface area contributed by atoms with Crippen molar-refractivity contribution in [1.29, 1.82) is 0 Å². The summed E-state index contributed by atoms with van der Waals surface area (Å²) in [5.41, 5.74) is 2.21. The van der Waals surface area contributed by atoms with E-state index in [0.717, 1.165) is 29.0 Å². The molecule has 118 valence electrons. The Morgan fingerprint density at radius 1 is 1.24 bits per heavy atom. The van der Waals surface area contributed by atoms with Gasteiger partial charge in [-0.2, -0.15) is 0 Å². The van der Waals surface area contributed by atoms with Crippen LogP contribution < -0.4 is 0 Å². The van der Waals surface area contributed by atoms with Crippen molar-refractivity contribution in [2.45, 2.75) is 62.5 Å². The maximum absolute atomic E-state index is 9.45. The van der Waals surface area contributed by atoms with Gasteiger partial charge in [0.25, 0.3) is 0 Å². The van der Waals surface area contributed by atoms with Crippen LogP contribution in [0.25, 0.3) is 0 Å². The molecule has 2 N–H and O–H groups in total. The van der Waals surface area contributed by atoms with E-state index in [4.69, 9.17) is 11.6 Å². The number of aliphatic hydroxyl groups is 2. The van der Waals surface area contributed by atoms with Gasteiger partial charge in [-0.05, 0) is 48.8 Å².